The van der Waals surface area contributed by atoms with E-state index in [1.54, 1.807) is 12.1 Å². The number of nitrogens with zero attached hydrogens (tertiary/aromatic N) is 1. The molecule has 0 fully saturated rings. The van der Waals surface area contributed by atoms with Crippen LogP contribution in [0.3, 0.4) is 0 Å². The summed E-state index contributed by atoms with van der Waals surface area (Å²) in [6.45, 7) is 4.98. The maximum absolute atomic E-state index is 11.1. The summed E-state index contributed by atoms with van der Waals surface area (Å²) in [6, 6.07) is 5.31. The number of nitrogens with one attached hydrogen (secondary N) is 1. The molecular formula is C14H22N2O2S. The first kappa shape index (κ1) is 15.8. The van der Waals surface area contributed by atoms with Crippen molar-refractivity contribution in [2.45, 2.75) is 38.9 Å². The number of nitro benzene ring substituents is 1. The monoisotopic (exact) mass is 282 g/mol. The second-order valence-electron chi connectivity index (χ2n) is 4.40. The van der Waals surface area contributed by atoms with Gasteiger partial charge in [-0.05, 0) is 24.2 Å². The highest BCUT2D eigenvalue weighted by molar-refractivity contribution is 7.98. The van der Waals surface area contributed by atoms with E-state index in [1.165, 1.54) is 12.8 Å². The van der Waals surface area contributed by atoms with Gasteiger partial charge in [-0.25, -0.2) is 0 Å². The topological polar surface area (TPSA) is 55.2 Å². The summed E-state index contributed by atoms with van der Waals surface area (Å²) in [6.07, 6.45) is 3.33. The lowest BCUT2D eigenvalue weighted by Gasteiger charge is -2.11. The van der Waals surface area contributed by atoms with Gasteiger partial charge < -0.3 is 5.32 Å². The Hall–Kier alpha value is -1.23. The first-order valence-corrected chi connectivity index (χ1v) is 7.94. The van der Waals surface area contributed by atoms with Gasteiger partial charge in [0.05, 0.1) is 4.92 Å². The Morgan fingerprint density at radius 3 is 2.74 bits per heavy atom. The predicted molar refractivity (Wildman–Crippen MR) is 82.9 cm³/mol. The second-order valence-corrected chi connectivity index (χ2v) is 5.51. The predicted octanol–water partition coefficient (Wildman–Crippen LogP) is 4.45. The van der Waals surface area contributed by atoms with Gasteiger partial charge >= 0.3 is 0 Å². The van der Waals surface area contributed by atoms with Gasteiger partial charge in [-0.2, -0.15) is 11.8 Å². The summed E-state index contributed by atoms with van der Waals surface area (Å²) >= 11 is 1.84. The lowest BCUT2D eigenvalue weighted by atomic mass is 10.1. The van der Waals surface area contributed by atoms with Crippen molar-refractivity contribution in [1.82, 2.24) is 0 Å². The molecule has 0 atom stereocenters. The standard InChI is InChI=1S/C14H22N2O2S/c1-3-5-10-19-11-12-7-6-8-13(16(17)18)14(12)15-9-4-2/h6-8,15H,3-5,9-11H2,1-2H3. The van der Waals surface area contributed by atoms with Crippen molar-refractivity contribution in [3.63, 3.8) is 0 Å². The van der Waals surface area contributed by atoms with E-state index in [2.05, 4.69) is 19.2 Å². The number of unbranched alkanes of at least 4 members (excludes halogenated alkanes) is 1. The molecule has 0 amide bonds. The van der Waals surface area contributed by atoms with Crippen molar-refractivity contribution in [1.29, 1.82) is 0 Å². The third kappa shape index (κ3) is 5.11. The van der Waals surface area contributed by atoms with Crippen molar-refractivity contribution < 1.29 is 4.92 Å². The minimum atomic E-state index is -0.307. The van der Waals surface area contributed by atoms with Crippen molar-refractivity contribution in [2.24, 2.45) is 0 Å². The summed E-state index contributed by atoms with van der Waals surface area (Å²) in [4.78, 5) is 10.8. The molecule has 19 heavy (non-hydrogen) atoms. The average molecular weight is 282 g/mol. The highest BCUT2D eigenvalue weighted by atomic mass is 32.2. The second kappa shape index (κ2) is 8.80. The first-order chi connectivity index (χ1) is 9.20. The van der Waals surface area contributed by atoms with E-state index in [4.69, 9.17) is 0 Å². The number of rotatable bonds is 9. The fourth-order valence-corrected chi connectivity index (χ4v) is 2.84. The van der Waals surface area contributed by atoms with E-state index in [0.29, 0.717) is 5.69 Å². The normalized spacial score (nSPS) is 10.4. The van der Waals surface area contributed by atoms with E-state index in [1.807, 2.05) is 17.8 Å². The quantitative estimate of drug-likeness (QED) is 0.413. The molecule has 1 aromatic carbocycles. The Balaban J connectivity index is 2.82. The lowest BCUT2D eigenvalue weighted by Crippen LogP contribution is -2.06. The van der Waals surface area contributed by atoms with Gasteiger partial charge in [0.2, 0.25) is 0 Å². The largest absolute Gasteiger partial charge is 0.379 e. The third-order valence-electron chi connectivity index (χ3n) is 2.78. The van der Waals surface area contributed by atoms with E-state index in [0.717, 1.165) is 30.0 Å². The molecule has 0 unspecified atom stereocenters. The van der Waals surface area contributed by atoms with Crippen LogP contribution in [0.2, 0.25) is 0 Å². The molecule has 0 aliphatic rings. The van der Waals surface area contributed by atoms with E-state index >= 15 is 0 Å². The number of hydrogen-bond acceptors (Lipinski definition) is 4. The van der Waals surface area contributed by atoms with Crippen LogP contribution in [-0.4, -0.2) is 17.2 Å². The Morgan fingerprint density at radius 1 is 1.32 bits per heavy atom. The highest BCUT2D eigenvalue weighted by Gasteiger charge is 2.16. The number of thioether (sulfide) groups is 1. The Labute approximate surface area is 119 Å². The molecule has 4 nitrogen and oxygen atoms in total. The van der Waals surface area contributed by atoms with Crippen molar-refractivity contribution in [3.8, 4) is 0 Å². The molecule has 0 radical (unpaired) electrons. The average Bonchev–Trinajstić information content (AvgIpc) is 2.41. The first-order valence-electron chi connectivity index (χ1n) is 6.78. The van der Waals surface area contributed by atoms with Gasteiger partial charge in [0.1, 0.15) is 5.69 Å². The minimum Gasteiger partial charge on any atom is -0.379 e. The van der Waals surface area contributed by atoms with Crippen LogP contribution in [-0.2, 0) is 5.75 Å². The molecule has 0 bridgehead atoms. The SMILES string of the molecule is CCCCSCc1cccc([N+](=O)[O-])c1NCCC. The zero-order valence-electron chi connectivity index (χ0n) is 11.6. The van der Waals surface area contributed by atoms with E-state index < -0.39 is 0 Å². The van der Waals surface area contributed by atoms with Gasteiger partial charge in [-0.3, -0.25) is 10.1 Å². The molecule has 0 spiro atoms. The summed E-state index contributed by atoms with van der Waals surface area (Å²) in [5.41, 5.74) is 1.91. The highest BCUT2D eigenvalue weighted by Crippen LogP contribution is 2.31. The van der Waals surface area contributed by atoms with Crippen LogP contribution < -0.4 is 5.32 Å². The molecule has 106 valence electrons. The summed E-state index contributed by atoms with van der Waals surface area (Å²) in [5, 5.41) is 14.3. The summed E-state index contributed by atoms with van der Waals surface area (Å²) in [7, 11) is 0. The molecule has 1 aromatic rings. The molecule has 0 saturated heterocycles. The van der Waals surface area contributed by atoms with Crippen LogP contribution in [0.1, 0.15) is 38.7 Å². The fraction of sp³-hybridized carbons (Fsp3) is 0.571. The van der Waals surface area contributed by atoms with E-state index in [-0.39, 0.29) is 10.6 Å². The molecule has 1 rings (SSSR count). The van der Waals surface area contributed by atoms with Crippen molar-refractivity contribution in [3.05, 3.63) is 33.9 Å². The minimum absolute atomic E-state index is 0.182. The molecule has 0 aliphatic heterocycles. The number of anilines is 1. The maximum atomic E-state index is 11.1. The van der Waals surface area contributed by atoms with Crippen LogP contribution >= 0.6 is 11.8 Å². The van der Waals surface area contributed by atoms with Crippen LogP contribution in [0.5, 0.6) is 0 Å². The Kier molecular flexibility index (Phi) is 7.33. The van der Waals surface area contributed by atoms with Gasteiger partial charge in [-0.1, -0.05) is 32.4 Å². The molecular weight excluding hydrogens is 260 g/mol. The van der Waals surface area contributed by atoms with Crippen molar-refractivity contribution in [2.75, 3.05) is 17.6 Å². The summed E-state index contributed by atoms with van der Waals surface area (Å²) in [5.74, 6) is 1.93. The number of hydrogen-bond donors (Lipinski definition) is 1. The molecule has 0 heterocycles. The smallest absolute Gasteiger partial charge is 0.292 e. The zero-order valence-corrected chi connectivity index (χ0v) is 12.5. The molecule has 0 aliphatic carbocycles. The fourth-order valence-electron chi connectivity index (χ4n) is 1.74. The van der Waals surface area contributed by atoms with Gasteiger partial charge in [0.25, 0.3) is 5.69 Å². The lowest BCUT2D eigenvalue weighted by molar-refractivity contribution is -0.384. The van der Waals surface area contributed by atoms with Crippen LogP contribution in [0.15, 0.2) is 18.2 Å². The van der Waals surface area contributed by atoms with Crippen LogP contribution in [0.4, 0.5) is 11.4 Å². The van der Waals surface area contributed by atoms with Gasteiger partial charge in [0, 0.05) is 18.4 Å². The Morgan fingerprint density at radius 2 is 2.11 bits per heavy atom. The van der Waals surface area contributed by atoms with E-state index in [9.17, 15) is 10.1 Å². The Bertz CT molecular complexity index is 410. The summed E-state index contributed by atoms with van der Waals surface area (Å²) < 4.78 is 0. The van der Waals surface area contributed by atoms with Gasteiger partial charge in [0.15, 0.2) is 0 Å². The zero-order chi connectivity index (χ0) is 14.1. The molecule has 1 N–H and O–H groups in total. The number of para-hydroxylation sites is 1. The van der Waals surface area contributed by atoms with Crippen LogP contribution in [0.25, 0.3) is 0 Å². The number of benzene rings is 1. The maximum Gasteiger partial charge on any atom is 0.292 e. The molecule has 0 aromatic heterocycles. The van der Waals surface area contributed by atoms with Crippen molar-refractivity contribution >= 4 is 23.1 Å². The third-order valence-corrected chi connectivity index (χ3v) is 3.87. The van der Waals surface area contributed by atoms with Crippen LogP contribution in [0, 0.1) is 10.1 Å². The molecule has 5 heteroatoms. The number of nitro groups is 1. The van der Waals surface area contributed by atoms with Gasteiger partial charge in [-0.15, -0.1) is 0 Å². The molecule has 0 saturated carbocycles.